The molecule has 0 aliphatic heterocycles. The first kappa shape index (κ1) is 14.9. The quantitative estimate of drug-likeness (QED) is 0.783. The van der Waals surface area contributed by atoms with E-state index >= 15 is 0 Å². The van der Waals surface area contributed by atoms with Gasteiger partial charge in [-0.25, -0.2) is 9.78 Å². The van der Waals surface area contributed by atoms with Gasteiger partial charge in [0.1, 0.15) is 11.3 Å². The van der Waals surface area contributed by atoms with Gasteiger partial charge in [-0.05, 0) is 48.9 Å². The minimum absolute atomic E-state index is 0.442. The predicted octanol–water partition coefficient (Wildman–Crippen LogP) is 2.53. The number of imidazole rings is 1. The Morgan fingerprint density at radius 2 is 1.96 bits per heavy atom. The molecule has 1 heterocycles. The molecule has 6 heteroatoms. The van der Waals surface area contributed by atoms with Crippen LogP contribution in [0.1, 0.15) is 5.56 Å². The maximum atomic E-state index is 10.9. The van der Waals surface area contributed by atoms with Gasteiger partial charge < -0.3 is 14.7 Å². The summed E-state index contributed by atoms with van der Waals surface area (Å²) < 4.78 is 6.62. The molecule has 0 aliphatic rings. The summed E-state index contributed by atoms with van der Waals surface area (Å²) in [7, 11) is 1.60. The second kappa shape index (κ2) is 6.00. The van der Waals surface area contributed by atoms with Crippen LogP contribution in [0, 0.1) is 6.92 Å². The Kier molecular flexibility index (Phi) is 3.89. The number of methoxy groups -OCH3 is 1. The van der Waals surface area contributed by atoms with Crippen molar-refractivity contribution in [3.05, 3.63) is 48.0 Å². The fourth-order valence-electron chi connectivity index (χ4n) is 2.34. The summed E-state index contributed by atoms with van der Waals surface area (Å²) in [6.07, 6.45) is 0. The molecular weight excluding hydrogens is 296 g/mol. The third kappa shape index (κ3) is 2.96. The van der Waals surface area contributed by atoms with Gasteiger partial charge in [-0.2, -0.15) is 4.73 Å². The largest absolute Gasteiger partial charge is 0.497 e. The Morgan fingerprint density at radius 1 is 1.22 bits per heavy atom. The van der Waals surface area contributed by atoms with Crippen LogP contribution in [0.25, 0.3) is 22.4 Å². The summed E-state index contributed by atoms with van der Waals surface area (Å²) in [6.45, 7) is 1.52. The number of rotatable bonds is 5. The molecule has 0 radical (unpaired) electrons. The summed E-state index contributed by atoms with van der Waals surface area (Å²) in [5.74, 6) is 0.244. The van der Waals surface area contributed by atoms with E-state index in [0.29, 0.717) is 5.82 Å². The zero-order valence-corrected chi connectivity index (χ0v) is 12.8. The van der Waals surface area contributed by atoms with Crippen molar-refractivity contribution in [1.29, 1.82) is 0 Å². The van der Waals surface area contributed by atoms with Crippen molar-refractivity contribution in [3.8, 4) is 17.1 Å². The van der Waals surface area contributed by atoms with Crippen LogP contribution in [0.3, 0.4) is 0 Å². The van der Waals surface area contributed by atoms with Gasteiger partial charge in [0, 0.05) is 5.56 Å². The highest BCUT2D eigenvalue weighted by Gasteiger charge is 2.15. The van der Waals surface area contributed by atoms with Gasteiger partial charge in [0.05, 0.1) is 12.6 Å². The average molecular weight is 312 g/mol. The number of hydrogen-bond acceptors (Lipinski definition) is 4. The molecule has 0 fully saturated rings. The molecule has 0 unspecified atom stereocenters. The van der Waals surface area contributed by atoms with Crippen molar-refractivity contribution >= 4 is 17.0 Å². The number of carboxylic acid groups (broad SMARTS) is 1. The van der Waals surface area contributed by atoms with Crippen molar-refractivity contribution in [2.75, 3.05) is 13.7 Å². The monoisotopic (exact) mass is 312 g/mol. The summed E-state index contributed by atoms with van der Waals surface area (Å²) in [6, 6.07) is 13.1. The first-order valence-electron chi connectivity index (χ1n) is 7.07. The number of aryl methyl sites for hydroxylation is 1. The number of benzene rings is 2. The minimum Gasteiger partial charge on any atom is -0.497 e. The molecule has 0 saturated carbocycles. The zero-order valence-electron chi connectivity index (χ0n) is 12.8. The van der Waals surface area contributed by atoms with Crippen LogP contribution in [-0.4, -0.2) is 34.5 Å². The van der Waals surface area contributed by atoms with Crippen molar-refractivity contribution in [3.63, 3.8) is 0 Å². The lowest BCUT2D eigenvalue weighted by molar-refractivity contribution is -0.142. The van der Waals surface area contributed by atoms with Gasteiger partial charge in [0.15, 0.2) is 5.82 Å². The lowest BCUT2D eigenvalue weighted by Crippen LogP contribution is -2.20. The predicted molar refractivity (Wildman–Crippen MR) is 85.5 cm³/mol. The molecule has 23 heavy (non-hydrogen) atoms. The number of carbonyl (C=O) groups is 1. The maximum absolute atomic E-state index is 10.9. The molecule has 3 rings (SSSR count). The molecule has 1 aromatic heterocycles. The molecule has 0 atom stereocenters. The number of aromatic nitrogens is 2. The lowest BCUT2D eigenvalue weighted by atomic mass is 10.2. The molecular formula is C17H16N2O4. The highest BCUT2D eigenvalue weighted by molar-refractivity contribution is 5.81. The summed E-state index contributed by atoms with van der Waals surface area (Å²) in [4.78, 5) is 20.9. The van der Waals surface area contributed by atoms with Crippen molar-refractivity contribution < 1.29 is 19.5 Å². The molecule has 1 N–H and O–H groups in total. The third-order valence-corrected chi connectivity index (χ3v) is 3.43. The zero-order chi connectivity index (χ0) is 16.4. The smallest absolute Gasteiger partial charge is 0.344 e. The van der Waals surface area contributed by atoms with Gasteiger partial charge in [-0.1, -0.05) is 6.07 Å². The molecule has 0 bridgehead atoms. The highest BCUT2D eigenvalue weighted by Crippen LogP contribution is 2.26. The molecule has 3 aromatic rings. The van der Waals surface area contributed by atoms with Crippen LogP contribution in [0.4, 0.5) is 0 Å². The second-order valence-electron chi connectivity index (χ2n) is 5.12. The highest BCUT2D eigenvalue weighted by atomic mass is 16.7. The van der Waals surface area contributed by atoms with Crippen LogP contribution in [0.5, 0.6) is 5.75 Å². The molecule has 2 aromatic carbocycles. The van der Waals surface area contributed by atoms with Crippen LogP contribution in [0.15, 0.2) is 42.5 Å². The number of nitrogens with zero attached hydrogens (tertiary/aromatic N) is 2. The Morgan fingerprint density at radius 3 is 2.61 bits per heavy atom. The lowest BCUT2D eigenvalue weighted by Gasteiger charge is -2.10. The number of aliphatic carboxylic acids is 1. The van der Waals surface area contributed by atoms with Gasteiger partial charge in [0.25, 0.3) is 0 Å². The van der Waals surface area contributed by atoms with E-state index in [0.717, 1.165) is 27.9 Å². The van der Waals surface area contributed by atoms with E-state index in [-0.39, 0.29) is 0 Å². The van der Waals surface area contributed by atoms with Gasteiger partial charge in [0.2, 0.25) is 6.61 Å². The van der Waals surface area contributed by atoms with E-state index in [1.54, 1.807) is 7.11 Å². The molecule has 0 saturated heterocycles. The average Bonchev–Trinajstić information content (AvgIpc) is 2.90. The van der Waals surface area contributed by atoms with E-state index in [2.05, 4.69) is 4.98 Å². The Labute approximate surface area is 132 Å². The van der Waals surface area contributed by atoms with Gasteiger partial charge >= 0.3 is 5.97 Å². The van der Waals surface area contributed by atoms with E-state index < -0.39 is 12.6 Å². The third-order valence-electron chi connectivity index (χ3n) is 3.43. The van der Waals surface area contributed by atoms with Gasteiger partial charge in [-0.15, -0.1) is 0 Å². The Balaban J connectivity index is 2.13. The summed E-state index contributed by atoms with van der Waals surface area (Å²) in [5, 5.41) is 8.89. The summed E-state index contributed by atoms with van der Waals surface area (Å²) in [5.41, 5.74) is 3.33. The fourth-order valence-corrected chi connectivity index (χ4v) is 2.34. The maximum Gasteiger partial charge on any atom is 0.344 e. The van der Waals surface area contributed by atoms with E-state index in [1.165, 1.54) is 4.73 Å². The van der Waals surface area contributed by atoms with Crippen LogP contribution in [-0.2, 0) is 4.79 Å². The number of hydrogen-bond donors (Lipinski definition) is 1. The van der Waals surface area contributed by atoms with Crippen molar-refractivity contribution in [2.45, 2.75) is 6.92 Å². The molecule has 0 aliphatic carbocycles. The normalized spacial score (nSPS) is 10.7. The Hall–Kier alpha value is -3.02. The first-order valence-corrected chi connectivity index (χ1v) is 7.07. The standard InChI is InChI=1S/C17H16N2O4/c1-11-3-8-14-15(9-11)19(23-10-16(20)21)17(18-14)12-4-6-13(22-2)7-5-12/h3-9H,10H2,1-2H3,(H,20,21). The minimum atomic E-state index is -1.04. The van der Waals surface area contributed by atoms with Crippen LogP contribution in [0.2, 0.25) is 0 Å². The SMILES string of the molecule is COc1ccc(-c2nc3ccc(C)cc3n2OCC(=O)O)cc1. The van der Waals surface area contributed by atoms with Crippen molar-refractivity contribution in [2.24, 2.45) is 0 Å². The van der Waals surface area contributed by atoms with Crippen LogP contribution >= 0.6 is 0 Å². The molecule has 0 spiro atoms. The molecule has 6 nitrogen and oxygen atoms in total. The molecule has 118 valence electrons. The number of ether oxygens (including phenoxy) is 1. The fraction of sp³-hybridized carbons (Fsp3) is 0.176. The number of carboxylic acids is 1. The van der Waals surface area contributed by atoms with Gasteiger partial charge in [-0.3, -0.25) is 0 Å². The first-order chi connectivity index (χ1) is 11.1. The summed E-state index contributed by atoms with van der Waals surface area (Å²) >= 11 is 0. The second-order valence-corrected chi connectivity index (χ2v) is 5.12. The Bertz CT molecular complexity index is 853. The number of fused-ring (bicyclic) bond motifs is 1. The molecule has 0 amide bonds. The topological polar surface area (TPSA) is 73.6 Å². The van der Waals surface area contributed by atoms with E-state index in [9.17, 15) is 4.79 Å². The van der Waals surface area contributed by atoms with Crippen LogP contribution < -0.4 is 9.57 Å². The van der Waals surface area contributed by atoms with E-state index in [1.807, 2.05) is 49.4 Å². The van der Waals surface area contributed by atoms with Crippen molar-refractivity contribution in [1.82, 2.24) is 9.71 Å². The van der Waals surface area contributed by atoms with E-state index in [4.69, 9.17) is 14.7 Å².